The fourth-order valence-corrected chi connectivity index (χ4v) is 2.34. The molecule has 18 heavy (non-hydrogen) atoms. The van der Waals surface area contributed by atoms with Gasteiger partial charge in [0, 0.05) is 12.6 Å². The molecule has 2 rings (SSSR count). The van der Waals surface area contributed by atoms with Gasteiger partial charge in [-0.15, -0.1) is 0 Å². The van der Waals surface area contributed by atoms with Crippen LogP contribution in [0.25, 0.3) is 0 Å². The summed E-state index contributed by atoms with van der Waals surface area (Å²) < 4.78 is 6.99. The van der Waals surface area contributed by atoms with Crippen LogP contribution in [0.2, 0.25) is 0 Å². The van der Waals surface area contributed by atoms with Crippen molar-refractivity contribution in [1.29, 1.82) is 0 Å². The van der Waals surface area contributed by atoms with E-state index in [0.717, 1.165) is 4.57 Å². The number of anilines is 1. The highest BCUT2D eigenvalue weighted by molar-refractivity contribution is 14.1. The normalized spacial score (nSPS) is 27.4. The number of aromatic nitrogens is 2. The molecule has 0 bridgehead atoms. The highest BCUT2D eigenvalue weighted by Gasteiger charge is 2.35. The van der Waals surface area contributed by atoms with Crippen LogP contribution in [0, 0.1) is 3.57 Å². The second-order valence-corrected chi connectivity index (χ2v) is 5.04. The standard InChI is InChI=1S/C9H12IN3O5/c10-5-2-13(9(16)11-7(5)12-17)8-6(15)1-4(3-14)18-8/h2,4,6,8,14-15,17H,1,3H2,(H,11,12,16)/t4-,6+,8+/m0/s1. The van der Waals surface area contributed by atoms with Gasteiger partial charge < -0.3 is 14.9 Å². The van der Waals surface area contributed by atoms with Gasteiger partial charge >= 0.3 is 5.69 Å². The molecular formula is C9H12IN3O5. The van der Waals surface area contributed by atoms with Crippen LogP contribution in [0.1, 0.15) is 12.6 Å². The summed E-state index contributed by atoms with van der Waals surface area (Å²) in [6, 6.07) is 0. The van der Waals surface area contributed by atoms with Crippen molar-refractivity contribution >= 4 is 28.4 Å². The Morgan fingerprint density at radius 1 is 1.67 bits per heavy atom. The third-order valence-corrected chi connectivity index (χ3v) is 3.45. The Hall–Kier alpha value is -0.750. The molecule has 0 aliphatic carbocycles. The van der Waals surface area contributed by atoms with Gasteiger partial charge in [0.25, 0.3) is 0 Å². The van der Waals surface area contributed by atoms with E-state index in [9.17, 15) is 9.90 Å². The zero-order valence-corrected chi connectivity index (χ0v) is 11.3. The van der Waals surface area contributed by atoms with E-state index < -0.39 is 24.1 Å². The molecular weight excluding hydrogens is 357 g/mol. The fraction of sp³-hybridized carbons (Fsp3) is 0.556. The second kappa shape index (κ2) is 5.48. The van der Waals surface area contributed by atoms with Crippen LogP contribution in [0.15, 0.2) is 11.0 Å². The molecule has 3 atom stereocenters. The Balaban J connectivity index is 2.34. The maximum atomic E-state index is 11.7. The van der Waals surface area contributed by atoms with E-state index in [1.54, 1.807) is 0 Å². The summed E-state index contributed by atoms with van der Waals surface area (Å²) in [7, 11) is 0. The number of hydrogen-bond donors (Lipinski definition) is 4. The van der Waals surface area contributed by atoms with E-state index in [0.29, 0.717) is 3.57 Å². The van der Waals surface area contributed by atoms with Gasteiger partial charge in [-0.3, -0.25) is 15.3 Å². The fourth-order valence-electron chi connectivity index (χ4n) is 1.80. The van der Waals surface area contributed by atoms with Gasteiger partial charge in [0.2, 0.25) is 0 Å². The number of hydrogen-bond acceptors (Lipinski definition) is 7. The van der Waals surface area contributed by atoms with Crippen molar-refractivity contribution in [3.05, 3.63) is 20.3 Å². The minimum atomic E-state index is -0.884. The van der Waals surface area contributed by atoms with Gasteiger partial charge in [-0.1, -0.05) is 0 Å². The van der Waals surface area contributed by atoms with Crippen molar-refractivity contribution in [1.82, 2.24) is 9.55 Å². The highest BCUT2D eigenvalue weighted by atomic mass is 127. The Bertz CT molecular complexity index is 494. The average Bonchev–Trinajstić information content (AvgIpc) is 2.73. The van der Waals surface area contributed by atoms with Gasteiger partial charge in [-0.05, 0) is 22.6 Å². The largest absolute Gasteiger partial charge is 0.394 e. The number of nitrogens with zero attached hydrogens (tertiary/aromatic N) is 2. The molecule has 8 nitrogen and oxygen atoms in total. The van der Waals surface area contributed by atoms with E-state index in [-0.39, 0.29) is 18.8 Å². The maximum Gasteiger partial charge on any atom is 0.351 e. The first kappa shape index (κ1) is 13.7. The SMILES string of the molecule is O=c1nc(NO)c(I)cn1[C@@H]1O[C@H](CO)C[C@H]1O. The molecule has 0 radical (unpaired) electrons. The van der Waals surface area contributed by atoms with Crippen molar-refractivity contribution < 1.29 is 20.2 Å². The van der Waals surface area contributed by atoms with Crippen molar-refractivity contribution in [2.45, 2.75) is 24.9 Å². The second-order valence-electron chi connectivity index (χ2n) is 3.87. The van der Waals surface area contributed by atoms with Crippen LogP contribution >= 0.6 is 22.6 Å². The van der Waals surface area contributed by atoms with Crippen molar-refractivity contribution in [3.63, 3.8) is 0 Å². The molecule has 1 aromatic rings. The molecule has 100 valence electrons. The summed E-state index contributed by atoms with van der Waals surface area (Å²) >= 11 is 1.88. The van der Waals surface area contributed by atoms with Crippen molar-refractivity contribution in [2.75, 3.05) is 12.1 Å². The molecule has 4 N–H and O–H groups in total. The number of ether oxygens (including phenoxy) is 1. The summed E-state index contributed by atoms with van der Waals surface area (Å²) in [6.45, 7) is -0.219. The Labute approximate surface area is 115 Å². The number of halogens is 1. The molecule has 0 spiro atoms. The van der Waals surface area contributed by atoms with Gasteiger partial charge in [-0.25, -0.2) is 4.79 Å². The van der Waals surface area contributed by atoms with E-state index in [4.69, 9.17) is 15.1 Å². The number of aliphatic hydroxyl groups is 2. The number of nitrogens with one attached hydrogen (secondary N) is 1. The lowest BCUT2D eigenvalue weighted by molar-refractivity contribution is -0.0530. The van der Waals surface area contributed by atoms with Gasteiger partial charge in [0.15, 0.2) is 12.0 Å². The molecule has 1 aliphatic heterocycles. The first-order chi connectivity index (χ1) is 8.56. The monoisotopic (exact) mass is 369 g/mol. The van der Waals surface area contributed by atoms with E-state index >= 15 is 0 Å². The first-order valence-corrected chi connectivity index (χ1v) is 6.28. The highest BCUT2D eigenvalue weighted by Crippen LogP contribution is 2.28. The quantitative estimate of drug-likeness (QED) is 0.411. The molecule has 1 saturated heterocycles. The molecule has 0 aromatic carbocycles. The zero-order chi connectivity index (χ0) is 13.3. The number of rotatable bonds is 3. The van der Waals surface area contributed by atoms with Gasteiger partial charge in [0.1, 0.15) is 6.10 Å². The summed E-state index contributed by atoms with van der Waals surface area (Å²) in [4.78, 5) is 15.3. The lowest BCUT2D eigenvalue weighted by Crippen LogP contribution is -2.32. The molecule has 1 aliphatic rings. The lowest BCUT2D eigenvalue weighted by atomic mass is 10.2. The average molecular weight is 369 g/mol. The van der Waals surface area contributed by atoms with Crippen LogP contribution < -0.4 is 11.2 Å². The van der Waals surface area contributed by atoms with Gasteiger partial charge in [-0.2, -0.15) is 4.98 Å². The first-order valence-electron chi connectivity index (χ1n) is 5.20. The smallest absolute Gasteiger partial charge is 0.351 e. The third kappa shape index (κ3) is 2.49. The van der Waals surface area contributed by atoms with E-state index in [2.05, 4.69) is 4.98 Å². The molecule has 9 heteroatoms. The summed E-state index contributed by atoms with van der Waals surface area (Å²) in [6.07, 6.45) is -0.578. The van der Waals surface area contributed by atoms with E-state index in [1.165, 1.54) is 6.20 Å². The molecule has 1 aromatic heterocycles. The topological polar surface area (TPSA) is 117 Å². The summed E-state index contributed by atoms with van der Waals surface area (Å²) in [5, 5.41) is 27.5. The van der Waals surface area contributed by atoms with Crippen LogP contribution in [0.5, 0.6) is 0 Å². The molecule has 0 amide bonds. The van der Waals surface area contributed by atoms with Crippen LogP contribution in [-0.4, -0.2) is 43.8 Å². The van der Waals surface area contributed by atoms with Crippen LogP contribution in [-0.2, 0) is 4.74 Å². The molecule has 2 heterocycles. The molecule has 0 unspecified atom stereocenters. The molecule has 1 fully saturated rings. The zero-order valence-electron chi connectivity index (χ0n) is 9.15. The van der Waals surface area contributed by atoms with Crippen LogP contribution in [0.3, 0.4) is 0 Å². The summed E-state index contributed by atoms with van der Waals surface area (Å²) in [5.74, 6) is 0.0445. The predicted octanol–water partition coefficient (Wildman–Crippen LogP) is -0.710. The van der Waals surface area contributed by atoms with E-state index in [1.807, 2.05) is 28.1 Å². The minimum Gasteiger partial charge on any atom is -0.394 e. The number of aliphatic hydroxyl groups excluding tert-OH is 2. The molecule has 0 saturated carbocycles. The lowest BCUT2D eigenvalue weighted by Gasteiger charge is -2.17. The maximum absolute atomic E-state index is 11.7. The third-order valence-electron chi connectivity index (χ3n) is 2.66. The Morgan fingerprint density at radius 3 is 2.94 bits per heavy atom. The predicted molar refractivity (Wildman–Crippen MR) is 68.2 cm³/mol. The van der Waals surface area contributed by atoms with Crippen molar-refractivity contribution in [3.8, 4) is 0 Å². The Morgan fingerprint density at radius 2 is 2.39 bits per heavy atom. The summed E-state index contributed by atoms with van der Waals surface area (Å²) in [5.41, 5.74) is 1.15. The van der Waals surface area contributed by atoms with Crippen molar-refractivity contribution in [2.24, 2.45) is 0 Å². The minimum absolute atomic E-state index is 0.0445. The van der Waals surface area contributed by atoms with Gasteiger partial charge in [0.05, 0.1) is 16.3 Å². The Kier molecular flexibility index (Phi) is 4.17. The van der Waals surface area contributed by atoms with Crippen LogP contribution in [0.4, 0.5) is 5.82 Å².